The Kier molecular flexibility index (Phi) is 4.84. The van der Waals surface area contributed by atoms with Gasteiger partial charge in [0.1, 0.15) is 6.23 Å². The van der Waals surface area contributed by atoms with Gasteiger partial charge >= 0.3 is 0 Å². The van der Waals surface area contributed by atoms with Crippen molar-refractivity contribution in [3.05, 3.63) is 59.7 Å². The van der Waals surface area contributed by atoms with E-state index in [4.69, 9.17) is 14.2 Å². The van der Waals surface area contributed by atoms with Crippen molar-refractivity contribution in [1.82, 2.24) is 4.90 Å². The maximum Gasteiger partial charge on any atom is 0.161 e. The lowest BCUT2D eigenvalue weighted by Crippen LogP contribution is -2.29. The van der Waals surface area contributed by atoms with Crippen molar-refractivity contribution >= 4 is 0 Å². The molecule has 4 heteroatoms. The van der Waals surface area contributed by atoms with Crippen molar-refractivity contribution in [2.45, 2.75) is 25.7 Å². The zero-order valence-electron chi connectivity index (χ0n) is 13.9. The predicted molar refractivity (Wildman–Crippen MR) is 89.7 cm³/mol. The number of methoxy groups -OCH3 is 2. The first-order valence-electron chi connectivity index (χ1n) is 7.86. The van der Waals surface area contributed by atoms with Crippen LogP contribution in [0.3, 0.4) is 0 Å². The minimum atomic E-state index is 0.0910. The van der Waals surface area contributed by atoms with E-state index in [1.54, 1.807) is 14.2 Å². The molecule has 0 aliphatic carbocycles. The highest BCUT2D eigenvalue weighted by molar-refractivity contribution is 5.43. The molecule has 0 bridgehead atoms. The number of hydrogen-bond acceptors (Lipinski definition) is 4. The van der Waals surface area contributed by atoms with E-state index in [0.29, 0.717) is 0 Å². The van der Waals surface area contributed by atoms with Crippen LogP contribution in [0.4, 0.5) is 0 Å². The van der Waals surface area contributed by atoms with Crippen LogP contribution in [0.25, 0.3) is 0 Å². The Balaban J connectivity index is 1.82. The Morgan fingerprint density at radius 3 is 2.48 bits per heavy atom. The van der Waals surface area contributed by atoms with Crippen LogP contribution in [-0.4, -0.2) is 32.0 Å². The predicted octanol–water partition coefficient (Wildman–Crippen LogP) is 3.62. The van der Waals surface area contributed by atoms with Crippen LogP contribution < -0.4 is 9.47 Å². The third-order valence-corrected chi connectivity index (χ3v) is 4.36. The summed E-state index contributed by atoms with van der Waals surface area (Å²) in [6.07, 6.45) is 0.0910. The molecule has 2 aromatic carbocycles. The molecule has 0 N–H and O–H groups in total. The number of nitrogens with zero attached hydrogens (tertiary/aromatic N) is 1. The third kappa shape index (κ3) is 3.33. The molecule has 4 nitrogen and oxygen atoms in total. The van der Waals surface area contributed by atoms with E-state index in [9.17, 15) is 0 Å². The Morgan fingerprint density at radius 2 is 1.78 bits per heavy atom. The standard InChI is InChI=1S/C19H23NO3/c1-14-20(17(13-23-14)16-7-5-4-6-8-16)12-15-9-10-18(21-2)19(11-15)22-3/h4-11,14,17H,12-13H2,1-3H3/t14-,17+/m1/s1. The first kappa shape index (κ1) is 15.8. The largest absolute Gasteiger partial charge is 0.493 e. The zero-order valence-corrected chi connectivity index (χ0v) is 13.9. The minimum Gasteiger partial charge on any atom is -0.493 e. The van der Waals surface area contributed by atoms with Gasteiger partial charge in [-0.1, -0.05) is 36.4 Å². The van der Waals surface area contributed by atoms with Gasteiger partial charge in [-0.2, -0.15) is 0 Å². The summed E-state index contributed by atoms with van der Waals surface area (Å²) in [5.41, 5.74) is 2.47. The maximum absolute atomic E-state index is 5.88. The van der Waals surface area contributed by atoms with Crippen LogP contribution >= 0.6 is 0 Å². The second-order valence-corrected chi connectivity index (χ2v) is 5.72. The molecule has 2 atom stereocenters. The fraction of sp³-hybridized carbons (Fsp3) is 0.368. The van der Waals surface area contributed by atoms with Crippen molar-refractivity contribution in [3.8, 4) is 11.5 Å². The van der Waals surface area contributed by atoms with Crippen molar-refractivity contribution < 1.29 is 14.2 Å². The third-order valence-electron chi connectivity index (χ3n) is 4.36. The molecular weight excluding hydrogens is 290 g/mol. The van der Waals surface area contributed by atoms with E-state index in [1.165, 1.54) is 11.1 Å². The average molecular weight is 313 g/mol. The molecule has 122 valence electrons. The molecule has 0 aromatic heterocycles. The zero-order chi connectivity index (χ0) is 16.2. The highest BCUT2D eigenvalue weighted by Crippen LogP contribution is 2.33. The fourth-order valence-corrected chi connectivity index (χ4v) is 3.07. The van der Waals surface area contributed by atoms with Gasteiger partial charge in [-0.05, 0) is 30.2 Å². The number of benzene rings is 2. The molecule has 0 unspecified atom stereocenters. The van der Waals surface area contributed by atoms with Crippen molar-refractivity contribution in [3.63, 3.8) is 0 Å². The van der Waals surface area contributed by atoms with Crippen molar-refractivity contribution in [2.24, 2.45) is 0 Å². The second kappa shape index (κ2) is 7.02. The summed E-state index contributed by atoms with van der Waals surface area (Å²) in [6, 6.07) is 16.9. The van der Waals surface area contributed by atoms with Gasteiger partial charge in [0.2, 0.25) is 0 Å². The van der Waals surface area contributed by atoms with Gasteiger partial charge in [-0.25, -0.2) is 0 Å². The molecule has 0 spiro atoms. The summed E-state index contributed by atoms with van der Waals surface area (Å²) in [7, 11) is 3.31. The highest BCUT2D eigenvalue weighted by Gasteiger charge is 2.32. The van der Waals surface area contributed by atoms with Gasteiger partial charge in [0.15, 0.2) is 11.5 Å². The van der Waals surface area contributed by atoms with E-state index in [0.717, 1.165) is 24.7 Å². The second-order valence-electron chi connectivity index (χ2n) is 5.72. The molecular formula is C19H23NO3. The summed E-state index contributed by atoms with van der Waals surface area (Å²) in [5.74, 6) is 1.51. The van der Waals surface area contributed by atoms with E-state index in [1.807, 2.05) is 18.2 Å². The molecule has 1 aliphatic rings. The van der Waals surface area contributed by atoms with Gasteiger partial charge in [0.05, 0.1) is 26.9 Å². The first-order valence-corrected chi connectivity index (χ1v) is 7.86. The normalized spacial score (nSPS) is 21.3. The monoisotopic (exact) mass is 313 g/mol. The van der Waals surface area contributed by atoms with Gasteiger partial charge < -0.3 is 14.2 Å². The summed E-state index contributed by atoms with van der Waals surface area (Å²) >= 11 is 0. The number of hydrogen-bond donors (Lipinski definition) is 0. The molecule has 1 aliphatic heterocycles. The highest BCUT2D eigenvalue weighted by atomic mass is 16.5. The van der Waals surface area contributed by atoms with Crippen LogP contribution in [0, 0.1) is 0 Å². The van der Waals surface area contributed by atoms with Crippen LogP contribution in [0.2, 0.25) is 0 Å². The van der Waals surface area contributed by atoms with Crippen LogP contribution in [0.1, 0.15) is 24.1 Å². The summed E-state index contributed by atoms with van der Waals surface area (Å²) in [6.45, 7) is 3.63. The molecule has 0 radical (unpaired) electrons. The molecule has 3 rings (SSSR count). The molecule has 1 heterocycles. The SMILES string of the molecule is COc1ccc(CN2[C@@H](C)OC[C@H]2c2ccccc2)cc1OC. The Bertz CT molecular complexity index is 644. The average Bonchev–Trinajstić information content (AvgIpc) is 2.96. The van der Waals surface area contributed by atoms with Crippen LogP contribution in [0.5, 0.6) is 11.5 Å². The summed E-state index contributed by atoms with van der Waals surface area (Å²) in [5, 5.41) is 0. The van der Waals surface area contributed by atoms with Gasteiger partial charge in [-0.15, -0.1) is 0 Å². The molecule has 0 amide bonds. The Labute approximate surface area is 137 Å². The van der Waals surface area contributed by atoms with E-state index >= 15 is 0 Å². The Morgan fingerprint density at radius 1 is 1.04 bits per heavy atom. The first-order chi connectivity index (χ1) is 11.2. The summed E-state index contributed by atoms with van der Waals surface area (Å²) < 4.78 is 16.6. The lowest BCUT2D eigenvalue weighted by atomic mass is 10.1. The van der Waals surface area contributed by atoms with Gasteiger partial charge in [0, 0.05) is 6.54 Å². The Hall–Kier alpha value is -2.04. The lowest BCUT2D eigenvalue weighted by molar-refractivity contribution is 0.0418. The van der Waals surface area contributed by atoms with Gasteiger partial charge in [-0.3, -0.25) is 4.90 Å². The fourth-order valence-electron chi connectivity index (χ4n) is 3.07. The summed E-state index contributed by atoms with van der Waals surface area (Å²) in [4.78, 5) is 2.37. The quantitative estimate of drug-likeness (QED) is 0.843. The lowest BCUT2D eigenvalue weighted by Gasteiger charge is -2.26. The molecule has 0 saturated carbocycles. The molecule has 1 saturated heterocycles. The van der Waals surface area contributed by atoms with E-state index in [-0.39, 0.29) is 12.3 Å². The van der Waals surface area contributed by atoms with Crippen LogP contribution in [0.15, 0.2) is 48.5 Å². The van der Waals surface area contributed by atoms with Crippen molar-refractivity contribution in [2.75, 3.05) is 20.8 Å². The van der Waals surface area contributed by atoms with Crippen molar-refractivity contribution in [1.29, 1.82) is 0 Å². The van der Waals surface area contributed by atoms with Gasteiger partial charge in [0.25, 0.3) is 0 Å². The van der Waals surface area contributed by atoms with E-state index in [2.05, 4.69) is 42.2 Å². The molecule has 1 fully saturated rings. The minimum absolute atomic E-state index is 0.0910. The number of rotatable bonds is 5. The number of ether oxygens (including phenoxy) is 3. The van der Waals surface area contributed by atoms with E-state index < -0.39 is 0 Å². The maximum atomic E-state index is 5.88. The molecule has 2 aromatic rings. The molecule has 23 heavy (non-hydrogen) atoms. The van der Waals surface area contributed by atoms with Crippen LogP contribution in [-0.2, 0) is 11.3 Å². The topological polar surface area (TPSA) is 30.9 Å². The smallest absolute Gasteiger partial charge is 0.161 e.